The predicted octanol–water partition coefficient (Wildman–Crippen LogP) is 3.17. The van der Waals surface area contributed by atoms with Crippen molar-refractivity contribution in [1.29, 1.82) is 0 Å². The van der Waals surface area contributed by atoms with Crippen LogP contribution in [-0.4, -0.2) is 61.4 Å². The Bertz CT molecular complexity index is 1030. The summed E-state index contributed by atoms with van der Waals surface area (Å²) in [5.74, 6) is 0. The number of hydrogen-bond acceptors (Lipinski definition) is 6. The summed E-state index contributed by atoms with van der Waals surface area (Å²) in [6, 6.07) is 10.9. The van der Waals surface area contributed by atoms with Crippen molar-refractivity contribution in [2.24, 2.45) is 0 Å². The van der Waals surface area contributed by atoms with Gasteiger partial charge in [-0.1, -0.05) is 0 Å². The summed E-state index contributed by atoms with van der Waals surface area (Å²) in [5.41, 5.74) is 2.84. The van der Waals surface area contributed by atoms with E-state index in [0.717, 1.165) is 48.4 Å². The molecule has 2 aromatic heterocycles. The van der Waals surface area contributed by atoms with Crippen molar-refractivity contribution in [3.8, 4) is 5.69 Å². The second-order valence-electron chi connectivity index (χ2n) is 7.81. The van der Waals surface area contributed by atoms with E-state index in [0.29, 0.717) is 6.04 Å². The minimum atomic E-state index is -0.000383. The zero-order valence-electron chi connectivity index (χ0n) is 17.3. The number of thiophene rings is 1. The highest BCUT2D eigenvalue weighted by molar-refractivity contribution is 7.18. The van der Waals surface area contributed by atoms with Crippen LogP contribution in [0.15, 0.2) is 41.5 Å². The van der Waals surface area contributed by atoms with E-state index in [2.05, 4.69) is 41.0 Å². The number of ether oxygens (including phenoxy) is 1. The molecule has 0 amide bonds. The van der Waals surface area contributed by atoms with Crippen LogP contribution in [0.4, 0.5) is 5.69 Å². The molecule has 1 saturated heterocycles. The Morgan fingerprint density at radius 3 is 2.69 bits per heavy atom. The molecule has 1 atom stereocenters. The molecule has 0 N–H and O–H groups in total. The number of anilines is 1. The normalized spacial score (nSPS) is 17.0. The fraction of sp³-hybridized carbons (Fsp3) is 0.455. The van der Waals surface area contributed by atoms with Crippen LogP contribution in [0.2, 0.25) is 0 Å². The number of fused-ring (bicyclic) bond motifs is 1. The van der Waals surface area contributed by atoms with E-state index in [-0.39, 0.29) is 5.56 Å². The van der Waals surface area contributed by atoms with Gasteiger partial charge in [-0.2, -0.15) is 0 Å². The van der Waals surface area contributed by atoms with Crippen molar-refractivity contribution in [2.45, 2.75) is 25.3 Å². The van der Waals surface area contributed by atoms with E-state index in [9.17, 15) is 4.79 Å². The van der Waals surface area contributed by atoms with Gasteiger partial charge in [-0.3, -0.25) is 9.36 Å². The van der Waals surface area contributed by atoms with E-state index >= 15 is 0 Å². The Balaban J connectivity index is 1.55. The summed E-state index contributed by atoms with van der Waals surface area (Å²) < 4.78 is 7.49. The van der Waals surface area contributed by atoms with Gasteiger partial charge in [0.25, 0.3) is 5.56 Å². The Labute approximate surface area is 175 Å². The van der Waals surface area contributed by atoms with Gasteiger partial charge in [-0.05, 0) is 63.7 Å². The molecule has 1 fully saturated rings. The third kappa shape index (κ3) is 4.22. The molecule has 29 heavy (non-hydrogen) atoms. The molecule has 1 aliphatic rings. The molecule has 3 heterocycles. The molecule has 0 spiro atoms. The van der Waals surface area contributed by atoms with Crippen molar-refractivity contribution in [2.75, 3.05) is 45.8 Å². The van der Waals surface area contributed by atoms with Crippen molar-refractivity contribution in [3.05, 3.63) is 51.9 Å². The molecule has 1 aliphatic heterocycles. The number of benzene rings is 1. The molecule has 4 rings (SSSR count). The number of nitrogens with zero attached hydrogens (tertiary/aromatic N) is 4. The highest BCUT2D eigenvalue weighted by Gasteiger charge is 2.24. The second kappa shape index (κ2) is 8.65. The molecule has 6 nitrogen and oxygen atoms in total. The number of methoxy groups -OCH3 is 1. The molecule has 7 heteroatoms. The fourth-order valence-corrected chi connectivity index (χ4v) is 4.96. The molecule has 3 aromatic rings. The third-order valence-corrected chi connectivity index (χ3v) is 6.82. The Hall–Kier alpha value is -2.22. The minimum absolute atomic E-state index is 0.000383. The van der Waals surface area contributed by atoms with E-state index < -0.39 is 0 Å². The summed E-state index contributed by atoms with van der Waals surface area (Å²) >= 11 is 1.55. The van der Waals surface area contributed by atoms with Crippen LogP contribution in [0, 0.1) is 0 Å². The Morgan fingerprint density at radius 1 is 1.24 bits per heavy atom. The number of aromatic nitrogens is 2. The summed E-state index contributed by atoms with van der Waals surface area (Å²) in [4.78, 5) is 23.4. The van der Waals surface area contributed by atoms with Gasteiger partial charge in [0, 0.05) is 43.4 Å². The topological polar surface area (TPSA) is 50.6 Å². The second-order valence-corrected chi connectivity index (χ2v) is 8.95. The van der Waals surface area contributed by atoms with Crippen LogP contribution in [0.25, 0.3) is 15.9 Å². The van der Waals surface area contributed by atoms with Crippen LogP contribution < -0.4 is 10.5 Å². The lowest BCUT2D eigenvalue weighted by Crippen LogP contribution is -2.31. The molecule has 0 aliphatic carbocycles. The van der Waals surface area contributed by atoms with Crippen molar-refractivity contribution >= 4 is 27.2 Å². The zero-order valence-corrected chi connectivity index (χ0v) is 18.1. The quantitative estimate of drug-likeness (QED) is 0.558. The van der Waals surface area contributed by atoms with E-state index in [1.54, 1.807) is 29.3 Å². The average Bonchev–Trinajstić information content (AvgIpc) is 3.36. The first-order valence-electron chi connectivity index (χ1n) is 10.1. The molecular formula is C22H28N4O2S. The van der Waals surface area contributed by atoms with Gasteiger partial charge in [0.1, 0.15) is 11.0 Å². The first-order chi connectivity index (χ1) is 14.1. The Kier molecular flexibility index (Phi) is 5.99. The maximum Gasteiger partial charge on any atom is 0.275 e. The largest absolute Gasteiger partial charge is 0.385 e. The van der Waals surface area contributed by atoms with Crippen molar-refractivity contribution < 1.29 is 4.74 Å². The minimum Gasteiger partial charge on any atom is -0.385 e. The summed E-state index contributed by atoms with van der Waals surface area (Å²) in [6.07, 6.45) is 4.68. The van der Waals surface area contributed by atoms with E-state index in [4.69, 9.17) is 4.74 Å². The Morgan fingerprint density at radius 2 is 2.00 bits per heavy atom. The van der Waals surface area contributed by atoms with Gasteiger partial charge in [0.15, 0.2) is 0 Å². The maximum absolute atomic E-state index is 13.0. The lowest BCUT2D eigenvalue weighted by molar-refractivity contribution is 0.195. The number of hydrogen-bond donors (Lipinski definition) is 0. The third-order valence-electron chi connectivity index (χ3n) is 5.65. The zero-order chi connectivity index (χ0) is 20.4. The lowest BCUT2D eigenvalue weighted by Gasteiger charge is -2.22. The van der Waals surface area contributed by atoms with Crippen molar-refractivity contribution in [1.82, 2.24) is 14.5 Å². The van der Waals surface area contributed by atoms with Crippen molar-refractivity contribution in [3.63, 3.8) is 0 Å². The van der Waals surface area contributed by atoms with E-state index in [1.165, 1.54) is 17.0 Å². The van der Waals surface area contributed by atoms with Crippen LogP contribution in [0.1, 0.15) is 17.7 Å². The summed E-state index contributed by atoms with van der Waals surface area (Å²) in [7, 11) is 5.99. The smallest absolute Gasteiger partial charge is 0.275 e. The van der Waals surface area contributed by atoms with Gasteiger partial charge in [0.05, 0.1) is 11.2 Å². The first kappa shape index (κ1) is 20.1. The van der Waals surface area contributed by atoms with Crippen LogP contribution >= 0.6 is 11.3 Å². The monoisotopic (exact) mass is 412 g/mol. The number of likely N-dealkylation sites (N-methyl/N-ethyl adjacent to an activating group) is 1. The van der Waals surface area contributed by atoms with E-state index in [1.807, 2.05) is 18.2 Å². The van der Waals surface area contributed by atoms with Crippen LogP contribution in [0.3, 0.4) is 0 Å². The standard InChI is InChI=1S/C22H28N4O2S/c1-24(2)18-10-11-25(14-18)16-6-8-17(9-7-16)26-15-23-20-13-19(5-4-12-28-3)29-21(20)22(26)27/h6-9,13,15,18H,4-5,10-12,14H2,1-3H3/t18-/m1/s1. The molecule has 1 aromatic carbocycles. The van der Waals surface area contributed by atoms with Gasteiger partial charge in [0.2, 0.25) is 0 Å². The predicted molar refractivity (Wildman–Crippen MR) is 120 cm³/mol. The summed E-state index contributed by atoms with van der Waals surface area (Å²) in [6.45, 7) is 2.84. The fourth-order valence-electron chi connectivity index (χ4n) is 3.88. The van der Waals surface area contributed by atoms with Gasteiger partial charge >= 0.3 is 0 Å². The highest BCUT2D eigenvalue weighted by atomic mass is 32.1. The average molecular weight is 413 g/mol. The van der Waals surface area contributed by atoms with Gasteiger partial charge in [-0.15, -0.1) is 11.3 Å². The molecule has 0 saturated carbocycles. The van der Waals surface area contributed by atoms with Crippen LogP contribution in [0.5, 0.6) is 0 Å². The number of aryl methyl sites for hydroxylation is 1. The van der Waals surface area contributed by atoms with Gasteiger partial charge < -0.3 is 14.5 Å². The molecule has 0 bridgehead atoms. The maximum atomic E-state index is 13.0. The van der Waals surface area contributed by atoms with Gasteiger partial charge in [-0.25, -0.2) is 4.98 Å². The first-order valence-corrected chi connectivity index (χ1v) is 10.9. The highest BCUT2D eigenvalue weighted by Crippen LogP contribution is 2.25. The SMILES string of the molecule is COCCCc1cc2ncn(-c3ccc(N4CC[C@@H](N(C)C)C4)cc3)c(=O)c2s1. The molecule has 154 valence electrons. The molecule has 0 unspecified atom stereocenters. The molecule has 0 radical (unpaired) electrons. The lowest BCUT2D eigenvalue weighted by atomic mass is 10.2. The summed E-state index contributed by atoms with van der Waals surface area (Å²) in [5, 5.41) is 0. The molecular weight excluding hydrogens is 384 g/mol. The number of rotatable bonds is 7. The van der Waals surface area contributed by atoms with Crippen LogP contribution in [-0.2, 0) is 11.2 Å².